The molecule has 0 saturated heterocycles. The van der Waals surface area contributed by atoms with E-state index in [0.29, 0.717) is 19.3 Å². The summed E-state index contributed by atoms with van der Waals surface area (Å²) in [5, 5.41) is 0. The highest BCUT2D eigenvalue weighted by Crippen LogP contribution is 2.28. The maximum atomic E-state index is 12.1. The predicted octanol–water partition coefficient (Wildman–Crippen LogP) is 3.22. The third-order valence-electron chi connectivity index (χ3n) is 3.72. The van der Waals surface area contributed by atoms with E-state index >= 15 is 0 Å². The molecule has 1 fully saturated rings. The van der Waals surface area contributed by atoms with Gasteiger partial charge in [0.2, 0.25) is 0 Å². The maximum absolute atomic E-state index is 12.1. The average molecular weight is 288 g/mol. The zero-order chi connectivity index (χ0) is 15.2. The Morgan fingerprint density at radius 3 is 2.67 bits per heavy atom. The Morgan fingerprint density at radius 2 is 2.14 bits per heavy atom. The zero-order valence-corrected chi connectivity index (χ0v) is 12.2. The lowest BCUT2D eigenvalue weighted by Gasteiger charge is -2.19. The molecule has 2 atom stereocenters. The lowest BCUT2D eigenvalue weighted by Crippen LogP contribution is -2.23. The van der Waals surface area contributed by atoms with Gasteiger partial charge in [0.25, 0.3) is 0 Å². The summed E-state index contributed by atoms with van der Waals surface area (Å²) >= 11 is 0. The molecule has 0 amide bonds. The molecule has 1 aromatic rings. The summed E-state index contributed by atoms with van der Waals surface area (Å²) in [5.74, 6) is -0.267. The number of Topliss-reactive ketones (excluding diaryl/α,β-unsaturated/α-hetero) is 1. The summed E-state index contributed by atoms with van der Waals surface area (Å²) in [5.41, 5.74) is 0.870. The first-order chi connectivity index (χ1) is 10.2. The van der Waals surface area contributed by atoms with Gasteiger partial charge in [0.05, 0.1) is 7.11 Å². The van der Waals surface area contributed by atoms with E-state index in [4.69, 9.17) is 9.47 Å². The number of hydrogen-bond acceptors (Lipinski definition) is 4. The molecule has 1 aliphatic rings. The van der Waals surface area contributed by atoms with Crippen LogP contribution in [0.4, 0.5) is 0 Å². The quantitative estimate of drug-likeness (QED) is 0.458. The highest BCUT2D eigenvalue weighted by molar-refractivity contribution is 6.00. The first kappa shape index (κ1) is 15.3. The fourth-order valence-corrected chi connectivity index (χ4v) is 2.51. The molecule has 2 unspecified atom stereocenters. The van der Waals surface area contributed by atoms with Gasteiger partial charge in [-0.15, -0.1) is 6.58 Å². The van der Waals surface area contributed by atoms with E-state index < -0.39 is 18.0 Å². The minimum Gasteiger partial charge on any atom is -0.497 e. The number of hydrogen-bond donors (Lipinski definition) is 0. The highest BCUT2D eigenvalue weighted by Gasteiger charge is 2.33. The van der Waals surface area contributed by atoms with Gasteiger partial charge in [-0.25, -0.2) is 0 Å². The van der Waals surface area contributed by atoms with E-state index in [2.05, 4.69) is 6.58 Å². The van der Waals surface area contributed by atoms with Crippen molar-refractivity contribution in [3.63, 3.8) is 0 Å². The molecule has 1 saturated carbocycles. The fraction of sp³-hybridized carbons (Fsp3) is 0.412. The van der Waals surface area contributed by atoms with Crippen molar-refractivity contribution in [1.29, 1.82) is 0 Å². The van der Waals surface area contributed by atoms with Crippen LogP contribution in [-0.4, -0.2) is 18.9 Å². The van der Waals surface area contributed by atoms with Gasteiger partial charge in [0, 0.05) is 12.8 Å². The Bertz CT molecular complexity index is 518. The average Bonchev–Trinajstić information content (AvgIpc) is 2.93. The van der Waals surface area contributed by atoms with Crippen LogP contribution in [0.25, 0.3) is 0 Å². The van der Waals surface area contributed by atoms with Crippen molar-refractivity contribution in [1.82, 2.24) is 0 Å². The first-order valence-electron chi connectivity index (χ1n) is 7.13. The molecule has 4 heteroatoms. The van der Waals surface area contributed by atoms with Gasteiger partial charge in [0.1, 0.15) is 23.6 Å². The van der Waals surface area contributed by atoms with E-state index in [0.717, 1.165) is 17.7 Å². The normalized spacial score (nSPS) is 19.1. The topological polar surface area (TPSA) is 52.6 Å². The number of ketones is 1. The minimum atomic E-state index is -0.587. The second-order valence-electron chi connectivity index (χ2n) is 5.13. The molecule has 21 heavy (non-hydrogen) atoms. The standard InChI is InChI=1S/C17H20O4/c1-3-5-16(12-8-10-13(20-2)11-9-12)21-17(19)14-6-4-7-15(14)18/h3,8-11,14,16H,1,4-7H2,2H3. The summed E-state index contributed by atoms with van der Waals surface area (Å²) in [6, 6.07) is 7.35. The third-order valence-corrected chi connectivity index (χ3v) is 3.72. The molecule has 0 aliphatic heterocycles. The molecule has 0 N–H and O–H groups in total. The summed E-state index contributed by atoms with van der Waals surface area (Å²) in [6.45, 7) is 3.70. The molecule has 0 bridgehead atoms. The molecule has 0 spiro atoms. The monoisotopic (exact) mass is 288 g/mol. The Labute approximate surface area is 124 Å². The van der Waals surface area contributed by atoms with Gasteiger partial charge in [-0.2, -0.15) is 0 Å². The summed E-state index contributed by atoms with van der Waals surface area (Å²) in [6.07, 6.45) is 3.66. The molecule has 4 nitrogen and oxygen atoms in total. The Morgan fingerprint density at radius 1 is 1.43 bits per heavy atom. The largest absolute Gasteiger partial charge is 0.497 e. The number of benzene rings is 1. The minimum absolute atomic E-state index is 0.00733. The lowest BCUT2D eigenvalue weighted by molar-refractivity contribution is -0.156. The van der Waals surface area contributed by atoms with Crippen LogP contribution in [0.5, 0.6) is 5.75 Å². The highest BCUT2D eigenvalue weighted by atomic mass is 16.5. The van der Waals surface area contributed by atoms with E-state index in [1.54, 1.807) is 13.2 Å². The van der Waals surface area contributed by atoms with Crippen LogP contribution in [0.3, 0.4) is 0 Å². The van der Waals surface area contributed by atoms with Crippen LogP contribution in [0, 0.1) is 5.92 Å². The van der Waals surface area contributed by atoms with Crippen LogP contribution in [0.2, 0.25) is 0 Å². The molecular formula is C17H20O4. The van der Waals surface area contributed by atoms with Gasteiger partial charge in [-0.1, -0.05) is 18.2 Å². The molecule has 1 aliphatic carbocycles. The molecule has 2 rings (SSSR count). The van der Waals surface area contributed by atoms with Crippen molar-refractivity contribution in [3.8, 4) is 5.75 Å². The van der Waals surface area contributed by atoms with Crippen LogP contribution >= 0.6 is 0 Å². The number of ether oxygens (including phenoxy) is 2. The van der Waals surface area contributed by atoms with Crippen molar-refractivity contribution in [2.45, 2.75) is 31.8 Å². The number of esters is 1. The number of methoxy groups -OCH3 is 1. The number of carbonyl (C=O) groups excluding carboxylic acids is 2. The molecule has 0 heterocycles. The molecule has 0 radical (unpaired) electrons. The predicted molar refractivity (Wildman–Crippen MR) is 79.0 cm³/mol. The first-order valence-corrected chi connectivity index (χ1v) is 7.13. The van der Waals surface area contributed by atoms with E-state index in [1.807, 2.05) is 24.3 Å². The Kier molecular flexibility index (Phi) is 5.14. The van der Waals surface area contributed by atoms with Crippen molar-refractivity contribution < 1.29 is 19.1 Å². The molecule has 0 aromatic heterocycles. The zero-order valence-electron chi connectivity index (χ0n) is 12.2. The molecule has 112 valence electrons. The van der Waals surface area contributed by atoms with Crippen LogP contribution in [0.15, 0.2) is 36.9 Å². The van der Waals surface area contributed by atoms with Gasteiger partial charge in [-0.3, -0.25) is 9.59 Å². The second kappa shape index (κ2) is 7.07. The van der Waals surface area contributed by atoms with Gasteiger partial charge in [0.15, 0.2) is 0 Å². The van der Waals surface area contributed by atoms with Crippen molar-refractivity contribution in [3.05, 3.63) is 42.5 Å². The van der Waals surface area contributed by atoms with E-state index in [9.17, 15) is 9.59 Å². The second-order valence-corrected chi connectivity index (χ2v) is 5.13. The van der Waals surface area contributed by atoms with Gasteiger partial charge in [-0.05, 0) is 30.5 Å². The summed E-state index contributed by atoms with van der Waals surface area (Å²) < 4.78 is 10.6. The fourth-order valence-electron chi connectivity index (χ4n) is 2.51. The van der Waals surface area contributed by atoms with E-state index in [-0.39, 0.29) is 5.78 Å². The Hall–Kier alpha value is -2.10. The van der Waals surface area contributed by atoms with Crippen molar-refractivity contribution >= 4 is 11.8 Å². The SMILES string of the molecule is C=CCC(OC(=O)C1CCCC1=O)c1ccc(OC)cc1. The lowest BCUT2D eigenvalue weighted by atomic mass is 10.0. The van der Waals surface area contributed by atoms with Crippen molar-refractivity contribution in [2.75, 3.05) is 7.11 Å². The van der Waals surface area contributed by atoms with Crippen molar-refractivity contribution in [2.24, 2.45) is 5.92 Å². The molecular weight excluding hydrogens is 268 g/mol. The van der Waals surface area contributed by atoms with Gasteiger partial charge >= 0.3 is 5.97 Å². The molecule has 1 aromatic carbocycles. The number of carbonyl (C=O) groups is 2. The maximum Gasteiger partial charge on any atom is 0.317 e. The van der Waals surface area contributed by atoms with Gasteiger partial charge < -0.3 is 9.47 Å². The summed E-state index contributed by atoms with van der Waals surface area (Å²) in [7, 11) is 1.60. The number of rotatable bonds is 6. The summed E-state index contributed by atoms with van der Waals surface area (Å²) in [4.78, 5) is 23.8. The van der Waals surface area contributed by atoms with E-state index in [1.165, 1.54) is 0 Å². The van der Waals surface area contributed by atoms with Crippen LogP contribution in [0.1, 0.15) is 37.4 Å². The van der Waals surface area contributed by atoms with Crippen LogP contribution < -0.4 is 4.74 Å². The Balaban J connectivity index is 2.08. The van der Waals surface area contributed by atoms with Crippen LogP contribution in [-0.2, 0) is 14.3 Å². The third kappa shape index (κ3) is 3.72. The smallest absolute Gasteiger partial charge is 0.317 e.